The first-order valence-corrected chi connectivity index (χ1v) is 5.53. The lowest BCUT2D eigenvalue weighted by Gasteiger charge is -2.20. The van der Waals surface area contributed by atoms with E-state index in [2.05, 4.69) is 36.9 Å². The van der Waals surface area contributed by atoms with Crippen LogP contribution in [0.15, 0.2) is 18.2 Å². The van der Waals surface area contributed by atoms with Gasteiger partial charge in [0.1, 0.15) is 0 Å². The largest absolute Gasteiger partial charge is 0.481 e. The van der Waals surface area contributed by atoms with Crippen LogP contribution in [0.25, 0.3) is 0 Å². The highest BCUT2D eigenvalue weighted by atomic mass is 16.4. The summed E-state index contributed by atoms with van der Waals surface area (Å²) >= 11 is 0. The summed E-state index contributed by atoms with van der Waals surface area (Å²) in [5.41, 5.74) is 3.62. The number of hydrogen-bond acceptors (Lipinski definition) is 2. The summed E-state index contributed by atoms with van der Waals surface area (Å²) in [5, 5.41) is 8.89. The Hall–Kier alpha value is -1.51. The van der Waals surface area contributed by atoms with Crippen LogP contribution >= 0.6 is 0 Å². The molecule has 0 saturated heterocycles. The Bertz CT molecular complexity index is 428. The highest BCUT2D eigenvalue weighted by Gasteiger charge is 2.46. The summed E-state index contributed by atoms with van der Waals surface area (Å²) in [6.07, 6.45) is 0.763. The summed E-state index contributed by atoms with van der Waals surface area (Å²) in [6.45, 7) is 4.16. The number of nitrogens with zero attached hydrogens (tertiary/aromatic N) is 1. The summed E-state index contributed by atoms with van der Waals surface area (Å²) in [4.78, 5) is 12.9. The standard InChI is InChI=1S/C13H17NO2/c1-8-4-5-10(6-9(8)2)14(3)12-7-11(12)13(15)16/h4-6,11-12H,7H2,1-3H3,(H,15,16). The molecule has 1 N–H and O–H groups in total. The number of aliphatic carboxylic acids is 1. The number of rotatable bonds is 3. The summed E-state index contributed by atoms with van der Waals surface area (Å²) in [7, 11) is 1.97. The Balaban J connectivity index is 2.13. The number of aryl methyl sites for hydroxylation is 2. The second kappa shape index (κ2) is 3.81. The van der Waals surface area contributed by atoms with Crippen LogP contribution in [0.4, 0.5) is 5.69 Å². The van der Waals surface area contributed by atoms with Gasteiger partial charge in [-0.15, -0.1) is 0 Å². The third-order valence-corrected chi connectivity index (χ3v) is 3.47. The monoisotopic (exact) mass is 219 g/mol. The first-order chi connectivity index (χ1) is 7.50. The van der Waals surface area contributed by atoms with Gasteiger partial charge in [0, 0.05) is 18.8 Å². The van der Waals surface area contributed by atoms with Crippen molar-refractivity contribution in [2.75, 3.05) is 11.9 Å². The molecule has 3 heteroatoms. The van der Waals surface area contributed by atoms with E-state index < -0.39 is 5.97 Å². The van der Waals surface area contributed by atoms with E-state index in [1.807, 2.05) is 7.05 Å². The average Bonchev–Trinajstić information content (AvgIpc) is 3.01. The number of anilines is 1. The molecule has 1 aliphatic carbocycles. The molecule has 2 rings (SSSR count). The van der Waals surface area contributed by atoms with E-state index in [1.54, 1.807) is 0 Å². The van der Waals surface area contributed by atoms with E-state index in [1.165, 1.54) is 11.1 Å². The van der Waals surface area contributed by atoms with Gasteiger partial charge in [-0.25, -0.2) is 0 Å². The molecule has 86 valence electrons. The molecule has 0 amide bonds. The van der Waals surface area contributed by atoms with E-state index in [4.69, 9.17) is 5.11 Å². The predicted molar refractivity (Wildman–Crippen MR) is 63.8 cm³/mol. The van der Waals surface area contributed by atoms with Crippen molar-refractivity contribution < 1.29 is 9.90 Å². The quantitative estimate of drug-likeness (QED) is 0.847. The molecule has 2 atom stereocenters. The lowest BCUT2D eigenvalue weighted by atomic mass is 10.1. The van der Waals surface area contributed by atoms with Crippen LogP contribution < -0.4 is 4.90 Å². The predicted octanol–water partition coefficient (Wildman–Crippen LogP) is 2.21. The third-order valence-electron chi connectivity index (χ3n) is 3.47. The van der Waals surface area contributed by atoms with Crippen LogP contribution in [0.2, 0.25) is 0 Å². The van der Waals surface area contributed by atoms with Crippen molar-refractivity contribution in [2.45, 2.75) is 26.3 Å². The molecule has 1 aromatic rings. The average molecular weight is 219 g/mol. The van der Waals surface area contributed by atoms with Gasteiger partial charge >= 0.3 is 5.97 Å². The van der Waals surface area contributed by atoms with Gasteiger partial charge in [-0.2, -0.15) is 0 Å². The molecule has 1 fully saturated rings. The SMILES string of the molecule is Cc1ccc(N(C)C2CC2C(=O)O)cc1C. The van der Waals surface area contributed by atoms with Gasteiger partial charge in [0.2, 0.25) is 0 Å². The van der Waals surface area contributed by atoms with E-state index in [0.29, 0.717) is 0 Å². The molecule has 1 saturated carbocycles. The van der Waals surface area contributed by atoms with Gasteiger partial charge in [0.25, 0.3) is 0 Å². The molecule has 0 spiro atoms. The fourth-order valence-corrected chi connectivity index (χ4v) is 2.01. The third kappa shape index (κ3) is 1.90. The Morgan fingerprint density at radius 3 is 2.56 bits per heavy atom. The molecular formula is C13H17NO2. The summed E-state index contributed by atoms with van der Waals surface area (Å²) < 4.78 is 0. The maximum atomic E-state index is 10.8. The molecule has 0 radical (unpaired) electrons. The molecule has 0 bridgehead atoms. The zero-order chi connectivity index (χ0) is 11.9. The van der Waals surface area contributed by atoms with Crippen molar-refractivity contribution in [2.24, 2.45) is 5.92 Å². The summed E-state index contributed by atoms with van der Waals surface area (Å²) in [5.74, 6) is -0.868. The molecule has 1 aromatic carbocycles. The first kappa shape index (κ1) is 11.0. The maximum absolute atomic E-state index is 10.8. The normalized spacial score (nSPS) is 22.9. The Morgan fingerprint density at radius 1 is 1.38 bits per heavy atom. The first-order valence-electron chi connectivity index (χ1n) is 5.53. The maximum Gasteiger partial charge on any atom is 0.308 e. The second-order valence-corrected chi connectivity index (χ2v) is 4.63. The molecule has 2 unspecified atom stereocenters. The van der Waals surface area contributed by atoms with E-state index >= 15 is 0 Å². The Kier molecular flexibility index (Phi) is 2.62. The fourth-order valence-electron chi connectivity index (χ4n) is 2.01. The van der Waals surface area contributed by atoms with Crippen molar-refractivity contribution in [1.29, 1.82) is 0 Å². The minimum atomic E-state index is -0.680. The van der Waals surface area contributed by atoms with Gasteiger partial charge in [0.15, 0.2) is 0 Å². The number of carboxylic acids is 1. The van der Waals surface area contributed by atoms with Crippen molar-refractivity contribution in [3.8, 4) is 0 Å². The minimum Gasteiger partial charge on any atom is -0.481 e. The van der Waals surface area contributed by atoms with E-state index in [0.717, 1.165) is 12.1 Å². The summed E-state index contributed by atoms with van der Waals surface area (Å²) in [6, 6.07) is 6.42. The minimum absolute atomic E-state index is 0.166. The van der Waals surface area contributed by atoms with Crippen LogP contribution in [0.1, 0.15) is 17.5 Å². The van der Waals surface area contributed by atoms with E-state index in [-0.39, 0.29) is 12.0 Å². The van der Waals surface area contributed by atoms with Gasteiger partial charge in [-0.3, -0.25) is 4.79 Å². The topological polar surface area (TPSA) is 40.5 Å². The van der Waals surface area contributed by atoms with Gasteiger partial charge < -0.3 is 10.0 Å². The molecule has 0 aromatic heterocycles. The second-order valence-electron chi connectivity index (χ2n) is 4.63. The van der Waals surface area contributed by atoms with Crippen LogP contribution in [0.5, 0.6) is 0 Å². The van der Waals surface area contributed by atoms with Crippen molar-refractivity contribution >= 4 is 11.7 Å². The van der Waals surface area contributed by atoms with Crippen LogP contribution in [0, 0.1) is 19.8 Å². The zero-order valence-corrected chi connectivity index (χ0v) is 9.90. The lowest BCUT2D eigenvalue weighted by Crippen LogP contribution is -2.23. The number of carbonyl (C=O) groups is 1. The highest BCUT2D eigenvalue weighted by molar-refractivity contribution is 5.76. The van der Waals surface area contributed by atoms with Crippen molar-refractivity contribution in [3.05, 3.63) is 29.3 Å². The van der Waals surface area contributed by atoms with E-state index in [9.17, 15) is 4.79 Å². The highest BCUT2D eigenvalue weighted by Crippen LogP contribution is 2.37. The molecular weight excluding hydrogens is 202 g/mol. The van der Waals surface area contributed by atoms with Gasteiger partial charge in [-0.05, 0) is 43.5 Å². The van der Waals surface area contributed by atoms with Crippen molar-refractivity contribution in [3.63, 3.8) is 0 Å². The van der Waals surface area contributed by atoms with Gasteiger partial charge in [0.05, 0.1) is 5.92 Å². The van der Waals surface area contributed by atoms with Gasteiger partial charge in [-0.1, -0.05) is 6.07 Å². The smallest absolute Gasteiger partial charge is 0.308 e. The van der Waals surface area contributed by atoms with Crippen molar-refractivity contribution in [1.82, 2.24) is 0 Å². The lowest BCUT2D eigenvalue weighted by molar-refractivity contribution is -0.138. The zero-order valence-electron chi connectivity index (χ0n) is 9.90. The van der Waals surface area contributed by atoms with Crippen LogP contribution in [-0.2, 0) is 4.79 Å². The number of carboxylic acid groups (broad SMARTS) is 1. The number of hydrogen-bond donors (Lipinski definition) is 1. The molecule has 16 heavy (non-hydrogen) atoms. The Morgan fingerprint density at radius 2 is 2.06 bits per heavy atom. The Labute approximate surface area is 95.7 Å². The number of benzene rings is 1. The molecule has 3 nitrogen and oxygen atoms in total. The molecule has 1 aliphatic rings. The van der Waals surface area contributed by atoms with Crippen LogP contribution in [0.3, 0.4) is 0 Å². The molecule has 0 heterocycles. The molecule has 0 aliphatic heterocycles. The van der Waals surface area contributed by atoms with Crippen LogP contribution in [-0.4, -0.2) is 24.2 Å². The fraction of sp³-hybridized carbons (Fsp3) is 0.462.